The van der Waals surface area contributed by atoms with E-state index in [1.165, 1.54) is 0 Å². The monoisotopic (exact) mass is 232 g/mol. The van der Waals surface area contributed by atoms with Crippen molar-refractivity contribution in [3.05, 3.63) is 35.7 Å². The first-order valence-electron chi connectivity index (χ1n) is 5.11. The van der Waals surface area contributed by atoms with Gasteiger partial charge in [-0.1, -0.05) is 6.07 Å². The summed E-state index contributed by atoms with van der Waals surface area (Å²) < 4.78 is 0. The Bertz CT molecular complexity index is 599. The summed E-state index contributed by atoms with van der Waals surface area (Å²) in [6.45, 7) is 1.53. The Morgan fingerprint density at radius 2 is 2.29 bits per heavy atom. The van der Waals surface area contributed by atoms with Gasteiger partial charge in [0.05, 0.1) is 17.6 Å². The third kappa shape index (κ3) is 2.34. The summed E-state index contributed by atoms with van der Waals surface area (Å²) >= 11 is 0. The third-order valence-corrected chi connectivity index (χ3v) is 2.44. The van der Waals surface area contributed by atoms with Crippen molar-refractivity contribution < 1.29 is 15.0 Å². The van der Waals surface area contributed by atoms with Gasteiger partial charge < -0.3 is 15.2 Å². The Kier molecular flexibility index (Phi) is 2.93. The van der Waals surface area contributed by atoms with Crippen molar-refractivity contribution in [2.24, 2.45) is 0 Å². The second-order valence-electron chi connectivity index (χ2n) is 3.72. The van der Waals surface area contributed by atoms with E-state index in [2.05, 4.69) is 9.97 Å². The average molecular weight is 232 g/mol. The van der Waals surface area contributed by atoms with E-state index in [0.29, 0.717) is 11.1 Å². The predicted molar refractivity (Wildman–Crippen MR) is 63.5 cm³/mol. The van der Waals surface area contributed by atoms with Gasteiger partial charge in [-0.05, 0) is 30.2 Å². The van der Waals surface area contributed by atoms with Crippen molar-refractivity contribution in [2.75, 3.05) is 6.61 Å². The van der Waals surface area contributed by atoms with Crippen LogP contribution in [0.3, 0.4) is 0 Å². The maximum atomic E-state index is 10.6. The topological polar surface area (TPSA) is 86.2 Å². The molecule has 0 saturated heterocycles. The van der Waals surface area contributed by atoms with Gasteiger partial charge in [-0.25, -0.2) is 9.78 Å². The largest absolute Gasteiger partial charge is 0.478 e. The minimum absolute atomic E-state index is 0.315. The zero-order valence-electron chi connectivity index (χ0n) is 9.27. The number of imidazole rings is 1. The van der Waals surface area contributed by atoms with Gasteiger partial charge >= 0.3 is 5.97 Å². The van der Waals surface area contributed by atoms with Crippen LogP contribution in [0.5, 0.6) is 0 Å². The van der Waals surface area contributed by atoms with Crippen LogP contribution in [0.4, 0.5) is 0 Å². The number of carboxylic acids is 1. The summed E-state index contributed by atoms with van der Waals surface area (Å²) in [7, 11) is 0. The molecule has 0 bridgehead atoms. The number of aliphatic hydroxyl groups excluding tert-OH is 1. The molecule has 0 radical (unpaired) electrons. The molecule has 1 aromatic heterocycles. The molecule has 0 unspecified atom stereocenters. The number of nitrogens with zero attached hydrogens (tertiary/aromatic N) is 1. The Hall–Kier alpha value is -2.14. The van der Waals surface area contributed by atoms with E-state index >= 15 is 0 Å². The number of fused-ring (bicyclic) bond motifs is 1. The van der Waals surface area contributed by atoms with Gasteiger partial charge in [-0.2, -0.15) is 0 Å². The first-order chi connectivity index (χ1) is 8.10. The lowest BCUT2D eigenvalue weighted by atomic mass is 10.1. The van der Waals surface area contributed by atoms with Gasteiger partial charge in [0, 0.05) is 6.08 Å². The standard InChI is InChI=1S/C12H12N2O3/c1-7-13-10-3-2-8(4-11(10)14-7)9(6-15)5-12(16)17/h2-5,15H,6H2,1H3,(H,13,14)(H,16,17)/b9-5+. The molecule has 0 saturated carbocycles. The molecule has 88 valence electrons. The highest BCUT2D eigenvalue weighted by Crippen LogP contribution is 2.19. The van der Waals surface area contributed by atoms with Crippen LogP contribution in [0.25, 0.3) is 16.6 Å². The maximum Gasteiger partial charge on any atom is 0.328 e. The fourth-order valence-corrected chi connectivity index (χ4v) is 1.71. The Morgan fingerprint density at radius 3 is 2.94 bits per heavy atom. The first-order valence-corrected chi connectivity index (χ1v) is 5.11. The molecule has 0 spiro atoms. The summed E-state index contributed by atoms with van der Waals surface area (Å²) in [5, 5.41) is 17.8. The second kappa shape index (κ2) is 4.39. The quantitative estimate of drug-likeness (QED) is 0.697. The molecule has 0 aliphatic carbocycles. The Morgan fingerprint density at radius 1 is 1.53 bits per heavy atom. The van der Waals surface area contributed by atoms with Crippen LogP contribution in [0.2, 0.25) is 0 Å². The van der Waals surface area contributed by atoms with Crippen LogP contribution in [-0.4, -0.2) is 32.8 Å². The van der Waals surface area contributed by atoms with Crippen molar-refractivity contribution in [3.8, 4) is 0 Å². The van der Waals surface area contributed by atoms with Gasteiger partial charge in [-0.3, -0.25) is 0 Å². The van der Waals surface area contributed by atoms with E-state index in [4.69, 9.17) is 10.2 Å². The minimum Gasteiger partial charge on any atom is -0.478 e. The van der Waals surface area contributed by atoms with Crippen molar-refractivity contribution in [1.82, 2.24) is 9.97 Å². The molecule has 3 N–H and O–H groups in total. The number of aromatic amines is 1. The normalized spacial score (nSPS) is 12.0. The van der Waals surface area contributed by atoms with E-state index in [0.717, 1.165) is 22.9 Å². The highest BCUT2D eigenvalue weighted by atomic mass is 16.4. The van der Waals surface area contributed by atoms with Gasteiger partial charge in [-0.15, -0.1) is 0 Å². The van der Waals surface area contributed by atoms with Crippen LogP contribution in [0, 0.1) is 6.92 Å². The number of aryl methyl sites for hydroxylation is 1. The molecule has 0 aliphatic heterocycles. The van der Waals surface area contributed by atoms with Gasteiger partial charge in [0.2, 0.25) is 0 Å². The van der Waals surface area contributed by atoms with Crippen molar-refractivity contribution in [3.63, 3.8) is 0 Å². The molecule has 1 heterocycles. The molecule has 2 rings (SSSR count). The number of nitrogens with one attached hydrogen (secondary N) is 1. The fraction of sp³-hybridized carbons (Fsp3) is 0.167. The number of aliphatic hydroxyl groups is 1. The number of aliphatic carboxylic acids is 1. The van der Waals surface area contributed by atoms with Crippen LogP contribution < -0.4 is 0 Å². The molecule has 0 aliphatic rings. The van der Waals surface area contributed by atoms with Crippen molar-refractivity contribution in [2.45, 2.75) is 6.92 Å². The summed E-state index contributed by atoms with van der Waals surface area (Å²) in [5.41, 5.74) is 2.68. The maximum absolute atomic E-state index is 10.6. The number of carboxylic acid groups (broad SMARTS) is 1. The summed E-state index contributed by atoms with van der Waals surface area (Å²) in [6.07, 6.45) is 1.00. The molecule has 5 heteroatoms. The number of benzene rings is 1. The summed E-state index contributed by atoms with van der Waals surface area (Å²) in [6, 6.07) is 5.31. The zero-order chi connectivity index (χ0) is 12.4. The summed E-state index contributed by atoms with van der Waals surface area (Å²) in [4.78, 5) is 17.9. The molecule has 0 fully saturated rings. The zero-order valence-corrected chi connectivity index (χ0v) is 9.27. The highest BCUT2D eigenvalue weighted by molar-refractivity contribution is 5.91. The summed E-state index contributed by atoms with van der Waals surface area (Å²) in [5.74, 6) is -0.278. The molecular weight excluding hydrogens is 220 g/mol. The average Bonchev–Trinajstić information content (AvgIpc) is 2.64. The molecule has 0 atom stereocenters. The number of hydrogen-bond donors (Lipinski definition) is 3. The first kappa shape index (κ1) is 11.3. The Labute approximate surface area is 97.4 Å². The lowest BCUT2D eigenvalue weighted by Gasteiger charge is -2.02. The number of H-pyrrole nitrogens is 1. The molecule has 1 aromatic carbocycles. The predicted octanol–water partition coefficient (Wildman–Crippen LogP) is 1.33. The van der Waals surface area contributed by atoms with Gasteiger partial charge in [0.15, 0.2) is 0 Å². The lowest BCUT2D eigenvalue weighted by molar-refractivity contribution is -0.131. The molecule has 2 aromatic rings. The van der Waals surface area contributed by atoms with Gasteiger partial charge in [0.1, 0.15) is 5.82 Å². The number of hydrogen-bond acceptors (Lipinski definition) is 3. The molecule has 17 heavy (non-hydrogen) atoms. The van der Waals surface area contributed by atoms with E-state index in [1.807, 2.05) is 6.92 Å². The lowest BCUT2D eigenvalue weighted by Crippen LogP contribution is -1.96. The van der Waals surface area contributed by atoms with Crippen molar-refractivity contribution >= 4 is 22.6 Å². The smallest absolute Gasteiger partial charge is 0.328 e. The number of rotatable bonds is 3. The van der Waals surface area contributed by atoms with Crippen LogP contribution in [-0.2, 0) is 4.79 Å². The van der Waals surface area contributed by atoms with E-state index in [9.17, 15) is 4.79 Å². The fourth-order valence-electron chi connectivity index (χ4n) is 1.71. The van der Waals surface area contributed by atoms with Crippen LogP contribution >= 0.6 is 0 Å². The second-order valence-corrected chi connectivity index (χ2v) is 3.72. The SMILES string of the molecule is Cc1nc2ccc(/C(=C/C(=O)O)CO)cc2[nH]1. The highest BCUT2D eigenvalue weighted by Gasteiger charge is 2.06. The van der Waals surface area contributed by atoms with Crippen LogP contribution in [0.15, 0.2) is 24.3 Å². The van der Waals surface area contributed by atoms with E-state index in [-0.39, 0.29) is 6.61 Å². The van der Waals surface area contributed by atoms with Crippen LogP contribution in [0.1, 0.15) is 11.4 Å². The number of carbonyl (C=O) groups is 1. The van der Waals surface area contributed by atoms with E-state index < -0.39 is 5.97 Å². The minimum atomic E-state index is -1.07. The molecular formula is C12H12N2O3. The Balaban J connectivity index is 2.51. The van der Waals surface area contributed by atoms with E-state index in [1.54, 1.807) is 18.2 Å². The van der Waals surface area contributed by atoms with Gasteiger partial charge in [0.25, 0.3) is 0 Å². The number of aromatic nitrogens is 2. The third-order valence-electron chi connectivity index (χ3n) is 2.44. The van der Waals surface area contributed by atoms with Crippen molar-refractivity contribution in [1.29, 1.82) is 0 Å². The molecule has 5 nitrogen and oxygen atoms in total. The molecule has 0 amide bonds.